The molecule has 2 aromatic rings. The Kier molecular flexibility index (Phi) is 6.44. The fourth-order valence-electron chi connectivity index (χ4n) is 4.57. The highest BCUT2D eigenvalue weighted by molar-refractivity contribution is 6.30. The van der Waals surface area contributed by atoms with E-state index in [0.717, 1.165) is 0 Å². The summed E-state index contributed by atoms with van der Waals surface area (Å²) >= 11 is 0. The summed E-state index contributed by atoms with van der Waals surface area (Å²) in [6, 6.07) is 7.48. The second-order valence-electron chi connectivity index (χ2n) is 8.42. The zero-order valence-electron chi connectivity index (χ0n) is 19.2. The Balaban J connectivity index is 1.61. The summed E-state index contributed by atoms with van der Waals surface area (Å²) in [6.07, 6.45) is -2.98. The van der Waals surface area contributed by atoms with Gasteiger partial charge in [-0.3, -0.25) is 14.4 Å². The lowest BCUT2D eigenvalue weighted by atomic mass is 9.81. The van der Waals surface area contributed by atoms with Gasteiger partial charge >= 0.3 is 5.97 Å². The van der Waals surface area contributed by atoms with Crippen LogP contribution in [-0.2, 0) is 23.7 Å². The van der Waals surface area contributed by atoms with Crippen molar-refractivity contribution in [3.05, 3.63) is 58.1 Å². The van der Waals surface area contributed by atoms with Gasteiger partial charge in [-0.2, -0.15) is 0 Å². The molecule has 180 valence electrons. The Bertz CT molecular complexity index is 1160. The van der Waals surface area contributed by atoms with Crippen LogP contribution < -0.4 is 0 Å². The van der Waals surface area contributed by atoms with Gasteiger partial charge < -0.3 is 29.2 Å². The highest BCUT2D eigenvalue weighted by Crippen LogP contribution is 2.43. The fraction of sp³-hybridized carbons (Fsp3) is 0.400. The average molecular weight is 470 g/mol. The van der Waals surface area contributed by atoms with Crippen molar-refractivity contribution in [1.29, 1.82) is 0 Å². The molecule has 1 saturated heterocycles. The minimum Gasteiger partial charge on any atom is -0.507 e. The minimum atomic E-state index is -0.823. The van der Waals surface area contributed by atoms with Gasteiger partial charge in [0.2, 0.25) is 0 Å². The van der Waals surface area contributed by atoms with E-state index in [4.69, 9.17) is 18.9 Å². The van der Waals surface area contributed by atoms with E-state index in [1.54, 1.807) is 26.0 Å². The Labute approximate surface area is 196 Å². The second-order valence-corrected chi connectivity index (χ2v) is 8.42. The Morgan fingerprint density at radius 2 is 1.74 bits per heavy atom. The number of rotatable bonds is 5. The molecule has 5 atom stereocenters. The molecular weight excluding hydrogens is 444 g/mol. The molecule has 9 heteroatoms. The Morgan fingerprint density at radius 3 is 2.32 bits per heavy atom. The quantitative estimate of drug-likeness (QED) is 0.427. The predicted molar refractivity (Wildman–Crippen MR) is 118 cm³/mol. The second kappa shape index (κ2) is 9.17. The molecule has 1 aliphatic heterocycles. The molecule has 2 N–H and O–H groups in total. The third-order valence-corrected chi connectivity index (χ3v) is 6.20. The van der Waals surface area contributed by atoms with E-state index in [9.17, 15) is 24.6 Å². The molecule has 0 unspecified atom stereocenters. The van der Waals surface area contributed by atoms with Gasteiger partial charge in [-0.15, -0.1) is 0 Å². The van der Waals surface area contributed by atoms with E-state index in [1.807, 2.05) is 0 Å². The van der Waals surface area contributed by atoms with Crippen LogP contribution >= 0.6 is 0 Å². The summed E-state index contributed by atoms with van der Waals surface area (Å²) in [4.78, 5) is 37.4. The normalized spacial score (nSPS) is 24.8. The monoisotopic (exact) mass is 470 g/mol. The molecule has 34 heavy (non-hydrogen) atoms. The number of phenols is 2. The van der Waals surface area contributed by atoms with Crippen LogP contribution in [0.4, 0.5) is 0 Å². The number of ether oxygens (including phenoxy) is 4. The largest absolute Gasteiger partial charge is 0.507 e. The molecule has 0 radical (unpaired) electrons. The van der Waals surface area contributed by atoms with E-state index >= 15 is 0 Å². The van der Waals surface area contributed by atoms with Crippen LogP contribution in [0, 0.1) is 0 Å². The SMILES string of the molecule is CO[C@H]1C[C@H](O[C@@H](C)c2cc(O)c3c(c2O)C(=O)c2ccccc2C3=O)O[C@@H](C)[C@@H]1OC(C)=O. The number of ketones is 2. The predicted octanol–water partition coefficient (Wildman–Crippen LogP) is 3.03. The standard InChI is InChI=1S/C25H26O9/c1-11(32-19-10-18(31-4)25(12(2)33-19)34-13(3)26)16-9-17(27)20-21(24(16)30)23(29)15-8-6-5-7-14(15)22(20)28/h5-9,11-12,18-19,25,27,30H,10H2,1-4H3/t11-,12-,18-,19+,25-/m0/s1. The molecule has 0 amide bonds. The number of hydrogen-bond acceptors (Lipinski definition) is 9. The average Bonchev–Trinajstić information content (AvgIpc) is 2.79. The number of carbonyl (C=O) groups is 3. The first-order valence-corrected chi connectivity index (χ1v) is 10.9. The number of benzene rings is 2. The van der Waals surface area contributed by atoms with E-state index in [0.29, 0.717) is 0 Å². The van der Waals surface area contributed by atoms with Crippen molar-refractivity contribution in [2.45, 2.75) is 57.9 Å². The highest BCUT2D eigenvalue weighted by atomic mass is 16.7. The first-order valence-electron chi connectivity index (χ1n) is 10.9. The van der Waals surface area contributed by atoms with Gasteiger partial charge in [0.1, 0.15) is 17.6 Å². The molecule has 0 spiro atoms. The molecule has 1 fully saturated rings. The van der Waals surface area contributed by atoms with Crippen molar-refractivity contribution in [2.24, 2.45) is 0 Å². The zero-order valence-corrected chi connectivity index (χ0v) is 19.2. The van der Waals surface area contributed by atoms with Crippen LogP contribution in [0.2, 0.25) is 0 Å². The maximum atomic E-state index is 13.1. The summed E-state index contributed by atoms with van der Waals surface area (Å²) in [7, 11) is 1.49. The molecule has 0 saturated carbocycles. The van der Waals surface area contributed by atoms with Crippen molar-refractivity contribution >= 4 is 17.5 Å². The van der Waals surface area contributed by atoms with Crippen molar-refractivity contribution in [3.63, 3.8) is 0 Å². The van der Waals surface area contributed by atoms with Crippen LogP contribution in [0.25, 0.3) is 0 Å². The van der Waals surface area contributed by atoms with Crippen LogP contribution in [0.15, 0.2) is 30.3 Å². The van der Waals surface area contributed by atoms with Crippen molar-refractivity contribution in [3.8, 4) is 11.5 Å². The number of phenolic OH excluding ortho intramolecular Hbond substituents is 2. The summed E-state index contributed by atoms with van der Waals surface area (Å²) in [5, 5.41) is 21.6. The zero-order chi connectivity index (χ0) is 24.7. The van der Waals surface area contributed by atoms with Gasteiger partial charge in [0.25, 0.3) is 0 Å². The number of aromatic hydroxyl groups is 2. The fourth-order valence-corrected chi connectivity index (χ4v) is 4.57. The van der Waals surface area contributed by atoms with Crippen LogP contribution in [-0.4, -0.2) is 59.5 Å². The lowest BCUT2D eigenvalue weighted by Crippen LogP contribution is -2.50. The smallest absolute Gasteiger partial charge is 0.303 e. The van der Waals surface area contributed by atoms with E-state index in [-0.39, 0.29) is 34.2 Å². The van der Waals surface area contributed by atoms with Crippen molar-refractivity contribution < 1.29 is 43.5 Å². The van der Waals surface area contributed by atoms with Crippen LogP contribution in [0.1, 0.15) is 70.7 Å². The van der Waals surface area contributed by atoms with Gasteiger partial charge in [0, 0.05) is 37.1 Å². The number of fused-ring (bicyclic) bond motifs is 2. The van der Waals surface area contributed by atoms with Gasteiger partial charge in [0.05, 0.1) is 23.3 Å². The number of esters is 1. The minimum absolute atomic E-state index is 0.129. The molecular formula is C25H26O9. The molecule has 0 bridgehead atoms. The van der Waals surface area contributed by atoms with Gasteiger partial charge in [0.15, 0.2) is 24.0 Å². The van der Waals surface area contributed by atoms with Crippen LogP contribution in [0.5, 0.6) is 11.5 Å². The summed E-state index contributed by atoms with van der Waals surface area (Å²) < 4.78 is 22.6. The summed E-state index contributed by atoms with van der Waals surface area (Å²) in [5.74, 6) is -2.41. The molecule has 0 aromatic heterocycles. The number of hydrogen-bond donors (Lipinski definition) is 2. The Hall–Kier alpha value is -3.27. The summed E-state index contributed by atoms with van der Waals surface area (Å²) in [5.41, 5.74) is -0.0298. The molecule has 2 aromatic carbocycles. The first-order chi connectivity index (χ1) is 16.1. The molecule has 2 aliphatic rings. The molecule has 9 nitrogen and oxygen atoms in total. The number of methoxy groups -OCH3 is 1. The van der Waals surface area contributed by atoms with E-state index in [2.05, 4.69) is 0 Å². The van der Waals surface area contributed by atoms with E-state index < -0.39 is 59.7 Å². The topological polar surface area (TPSA) is 129 Å². The van der Waals surface area contributed by atoms with Crippen molar-refractivity contribution in [2.75, 3.05) is 7.11 Å². The maximum absolute atomic E-state index is 13.1. The van der Waals surface area contributed by atoms with Gasteiger partial charge in [-0.05, 0) is 19.9 Å². The van der Waals surface area contributed by atoms with Gasteiger partial charge in [-0.25, -0.2) is 0 Å². The van der Waals surface area contributed by atoms with Crippen molar-refractivity contribution in [1.82, 2.24) is 0 Å². The number of carbonyl (C=O) groups excluding carboxylic acids is 3. The van der Waals surface area contributed by atoms with E-state index in [1.165, 1.54) is 32.2 Å². The maximum Gasteiger partial charge on any atom is 0.303 e. The lowest BCUT2D eigenvalue weighted by Gasteiger charge is -2.39. The molecule has 1 aliphatic carbocycles. The third-order valence-electron chi connectivity index (χ3n) is 6.20. The summed E-state index contributed by atoms with van der Waals surface area (Å²) in [6.45, 7) is 4.65. The molecule has 1 heterocycles. The third kappa shape index (κ3) is 4.06. The van der Waals surface area contributed by atoms with Crippen LogP contribution in [0.3, 0.4) is 0 Å². The molecule has 4 rings (SSSR count). The Morgan fingerprint density at radius 1 is 1.12 bits per heavy atom. The van der Waals surface area contributed by atoms with Gasteiger partial charge in [-0.1, -0.05) is 24.3 Å². The highest BCUT2D eigenvalue weighted by Gasteiger charge is 2.41. The first kappa shape index (κ1) is 23.9. The lowest BCUT2D eigenvalue weighted by molar-refractivity contribution is -0.266.